The van der Waals surface area contributed by atoms with E-state index in [9.17, 15) is 9.90 Å². The van der Waals surface area contributed by atoms with Crippen molar-refractivity contribution in [2.45, 2.75) is 71.0 Å². The molecule has 1 saturated carbocycles. The molecule has 4 heteroatoms. The first kappa shape index (κ1) is 22.0. The Morgan fingerprint density at radius 1 is 1.36 bits per heavy atom. The highest BCUT2D eigenvalue weighted by Gasteiger charge is 2.43. The molecule has 1 fully saturated rings. The first-order chi connectivity index (χ1) is 13.5. The molecular formula is C24H32O4. The molecule has 0 radical (unpaired) electrons. The molecule has 4 atom stereocenters. The second-order valence-corrected chi connectivity index (χ2v) is 7.43. The van der Waals surface area contributed by atoms with E-state index in [4.69, 9.17) is 9.84 Å². The van der Waals surface area contributed by atoms with Gasteiger partial charge in [0.1, 0.15) is 6.10 Å². The van der Waals surface area contributed by atoms with Crippen LogP contribution in [0.4, 0.5) is 0 Å². The number of carboxylic acid groups (broad SMARTS) is 1. The highest BCUT2D eigenvalue weighted by molar-refractivity contribution is 5.66. The van der Waals surface area contributed by atoms with Gasteiger partial charge < -0.3 is 14.9 Å². The molecule has 0 spiro atoms. The van der Waals surface area contributed by atoms with Gasteiger partial charge in [0.25, 0.3) is 0 Å². The van der Waals surface area contributed by atoms with Crippen molar-refractivity contribution in [3.8, 4) is 11.8 Å². The summed E-state index contributed by atoms with van der Waals surface area (Å²) >= 11 is 0. The van der Waals surface area contributed by atoms with Gasteiger partial charge in [0.2, 0.25) is 0 Å². The fourth-order valence-corrected chi connectivity index (χ4v) is 3.95. The van der Waals surface area contributed by atoms with Crippen LogP contribution in [-0.4, -0.2) is 28.4 Å². The molecule has 0 bridgehead atoms. The Labute approximate surface area is 168 Å². The lowest BCUT2D eigenvalue weighted by Gasteiger charge is -2.16. The zero-order valence-electron chi connectivity index (χ0n) is 16.9. The number of allylic oxidation sites excluding steroid dienone is 6. The second-order valence-electron chi connectivity index (χ2n) is 7.43. The maximum absolute atomic E-state index is 10.5. The molecule has 28 heavy (non-hydrogen) atoms. The number of unbranched alkanes of at least 4 members (excludes halogenated alkanes) is 1. The van der Waals surface area contributed by atoms with Gasteiger partial charge in [-0.15, -0.1) is 11.8 Å². The van der Waals surface area contributed by atoms with Crippen LogP contribution >= 0.6 is 0 Å². The van der Waals surface area contributed by atoms with Crippen LogP contribution in [0.3, 0.4) is 0 Å². The van der Waals surface area contributed by atoms with Gasteiger partial charge in [-0.3, -0.25) is 4.79 Å². The normalized spacial score (nSPS) is 25.3. The van der Waals surface area contributed by atoms with Gasteiger partial charge in [-0.2, -0.15) is 0 Å². The van der Waals surface area contributed by atoms with Crippen molar-refractivity contribution in [2.24, 2.45) is 11.8 Å². The molecule has 2 N–H and O–H groups in total. The number of hydrogen-bond acceptors (Lipinski definition) is 3. The standard InChI is InChI=1S/C24H32O4/c1-3-4-8-11-20(25)16-14-19-15-17-22-24(19)21(18(2)28-22)12-9-6-5-7-10-13-23(26)27/h5-6,9,12,14,16,19-20,22,24-25H,7-8,10-11,13,15,17H2,1-2H3,(H,26,27)/b6-5+,12-9-,16-14+. The number of fused-ring (bicyclic) bond motifs is 1. The highest BCUT2D eigenvalue weighted by atomic mass is 16.5. The molecule has 0 aromatic heterocycles. The molecule has 1 aliphatic carbocycles. The van der Waals surface area contributed by atoms with E-state index in [-0.39, 0.29) is 12.5 Å². The molecule has 4 nitrogen and oxygen atoms in total. The summed E-state index contributed by atoms with van der Waals surface area (Å²) in [6.45, 7) is 3.84. The summed E-state index contributed by atoms with van der Waals surface area (Å²) in [5.74, 6) is 6.81. The lowest BCUT2D eigenvalue weighted by atomic mass is 9.87. The zero-order chi connectivity index (χ0) is 20.4. The minimum absolute atomic E-state index is 0.209. The molecule has 0 saturated heterocycles. The fraction of sp³-hybridized carbons (Fsp3) is 0.542. The van der Waals surface area contributed by atoms with Gasteiger partial charge in [-0.1, -0.05) is 36.5 Å². The summed E-state index contributed by atoms with van der Waals surface area (Å²) in [6, 6.07) is 0. The molecule has 1 heterocycles. The quantitative estimate of drug-likeness (QED) is 0.246. The zero-order valence-corrected chi connectivity index (χ0v) is 16.9. The molecule has 0 aromatic rings. The van der Waals surface area contributed by atoms with Crippen molar-refractivity contribution in [2.75, 3.05) is 0 Å². The Balaban J connectivity index is 1.91. The minimum atomic E-state index is -0.748. The van der Waals surface area contributed by atoms with Gasteiger partial charge in [0.15, 0.2) is 0 Å². The number of aliphatic hydroxyl groups is 1. The average molecular weight is 385 g/mol. The van der Waals surface area contributed by atoms with E-state index in [1.165, 1.54) is 5.57 Å². The number of ether oxygens (including phenoxy) is 1. The van der Waals surface area contributed by atoms with Gasteiger partial charge in [0, 0.05) is 18.8 Å². The Bertz CT molecular complexity index is 702. The topological polar surface area (TPSA) is 66.8 Å². The molecule has 0 amide bonds. The van der Waals surface area contributed by atoms with Crippen molar-refractivity contribution in [3.05, 3.63) is 47.8 Å². The molecule has 2 aliphatic rings. The largest absolute Gasteiger partial charge is 0.494 e. The van der Waals surface area contributed by atoms with E-state index >= 15 is 0 Å². The monoisotopic (exact) mass is 384 g/mol. The van der Waals surface area contributed by atoms with Gasteiger partial charge in [-0.05, 0) is 57.4 Å². The number of carbonyl (C=O) groups is 1. The SMILES string of the molecule is CC#CCCC(O)/C=C/C1CCC2OC(C)=C(/C=C\C=C\CCCC(=O)O)C12. The maximum atomic E-state index is 10.5. The number of hydrogen-bond donors (Lipinski definition) is 2. The third-order valence-corrected chi connectivity index (χ3v) is 5.35. The van der Waals surface area contributed by atoms with Crippen LogP contribution in [-0.2, 0) is 9.53 Å². The van der Waals surface area contributed by atoms with E-state index in [1.54, 1.807) is 0 Å². The predicted octanol–water partition coefficient (Wildman–Crippen LogP) is 4.77. The van der Waals surface area contributed by atoms with Crippen molar-refractivity contribution in [1.82, 2.24) is 0 Å². The Morgan fingerprint density at radius 2 is 2.18 bits per heavy atom. The Morgan fingerprint density at radius 3 is 2.93 bits per heavy atom. The lowest BCUT2D eigenvalue weighted by molar-refractivity contribution is -0.137. The first-order valence-corrected chi connectivity index (χ1v) is 10.2. The second kappa shape index (κ2) is 11.6. The summed E-state index contributed by atoms with van der Waals surface area (Å²) in [7, 11) is 0. The molecule has 0 aromatic carbocycles. The Kier molecular flexibility index (Phi) is 9.10. The maximum Gasteiger partial charge on any atom is 0.303 e. The molecule has 1 aliphatic heterocycles. The van der Waals surface area contributed by atoms with Crippen LogP contribution in [0.15, 0.2) is 47.8 Å². The number of aliphatic carboxylic acids is 1. The van der Waals surface area contributed by atoms with Crippen LogP contribution < -0.4 is 0 Å². The fourth-order valence-electron chi connectivity index (χ4n) is 3.95. The summed E-state index contributed by atoms with van der Waals surface area (Å²) in [5.41, 5.74) is 1.23. The summed E-state index contributed by atoms with van der Waals surface area (Å²) in [5, 5.41) is 18.8. The third-order valence-electron chi connectivity index (χ3n) is 5.35. The molecule has 152 valence electrons. The van der Waals surface area contributed by atoms with E-state index in [0.717, 1.165) is 25.0 Å². The summed E-state index contributed by atoms with van der Waals surface area (Å²) < 4.78 is 6.06. The van der Waals surface area contributed by atoms with Crippen molar-refractivity contribution in [1.29, 1.82) is 0 Å². The van der Waals surface area contributed by atoms with Crippen molar-refractivity contribution in [3.63, 3.8) is 0 Å². The third kappa shape index (κ3) is 6.73. The van der Waals surface area contributed by atoms with Crippen LogP contribution in [0.2, 0.25) is 0 Å². The van der Waals surface area contributed by atoms with Crippen molar-refractivity contribution < 1.29 is 19.7 Å². The van der Waals surface area contributed by atoms with Crippen LogP contribution in [0.25, 0.3) is 0 Å². The van der Waals surface area contributed by atoms with Gasteiger partial charge in [-0.25, -0.2) is 0 Å². The smallest absolute Gasteiger partial charge is 0.303 e. The van der Waals surface area contributed by atoms with Crippen LogP contribution in [0.1, 0.15) is 58.8 Å². The lowest BCUT2D eigenvalue weighted by Crippen LogP contribution is -2.16. The first-order valence-electron chi connectivity index (χ1n) is 10.2. The van der Waals surface area contributed by atoms with Crippen molar-refractivity contribution >= 4 is 5.97 Å². The van der Waals surface area contributed by atoms with E-state index < -0.39 is 12.1 Å². The highest BCUT2D eigenvalue weighted by Crippen LogP contribution is 2.46. The number of aliphatic hydroxyl groups excluding tert-OH is 1. The molecular weight excluding hydrogens is 352 g/mol. The number of rotatable bonds is 10. The van der Waals surface area contributed by atoms with E-state index in [2.05, 4.69) is 24.0 Å². The van der Waals surface area contributed by atoms with Gasteiger partial charge >= 0.3 is 5.97 Å². The van der Waals surface area contributed by atoms with Crippen LogP contribution in [0, 0.1) is 23.7 Å². The summed E-state index contributed by atoms with van der Waals surface area (Å²) in [4.78, 5) is 10.5. The summed E-state index contributed by atoms with van der Waals surface area (Å²) in [6.07, 6.45) is 17.1. The Hall–Kier alpha value is -2.25. The molecule has 4 unspecified atom stereocenters. The van der Waals surface area contributed by atoms with Crippen LogP contribution in [0.5, 0.6) is 0 Å². The average Bonchev–Trinajstić information content (AvgIpc) is 3.18. The number of carboxylic acids is 1. The van der Waals surface area contributed by atoms with E-state index in [1.807, 2.05) is 38.2 Å². The van der Waals surface area contributed by atoms with E-state index in [0.29, 0.717) is 31.1 Å². The minimum Gasteiger partial charge on any atom is -0.494 e. The van der Waals surface area contributed by atoms with Gasteiger partial charge in [0.05, 0.1) is 11.9 Å². The molecule has 2 rings (SSSR count). The predicted molar refractivity (Wildman–Crippen MR) is 111 cm³/mol.